The number of methoxy groups -OCH3 is 1. The Morgan fingerprint density at radius 1 is 1.10 bits per heavy atom. The molecule has 8 heteroatoms. The number of fused-ring (bicyclic) bond motifs is 1. The van der Waals surface area contributed by atoms with E-state index in [9.17, 15) is 9.59 Å². The second kappa shape index (κ2) is 9.54. The van der Waals surface area contributed by atoms with Crippen LogP contribution < -0.4 is 10.6 Å². The summed E-state index contributed by atoms with van der Waals surface area (Å²) in [7, 11) is 1.36. The molecule has 1 heterocycles. The number of benzene rings is 2. The van der Waals surface area contributed by atoms with Crippen LogP contribution in [0.3, 0.4) is 0 Å². The van der Waals surface area contributed by atoms with Crippen LogP contribution in [0.1, 0.15) is 30.0 Å². The minimum atomic E-state index is -0.567. The van der Waals surface area contributed by atoms with E-state index in [1.165, 1.54) is 7.11 Å². The molecule has 0 saturated carbocycles. The van der Waals surface area contributed by atoms with E-state index in [4.69, 9.17) is 16.3 Å². The minimum Gasteiger partial charge on any atom is -0.467 e. The highest BCUT2D eigenvalue weighted by Crippen LogP contribution is 2.22. The summed E-state index contributed by atoms with van der Waals surface area (Å²) < 4.78 is 4.91. The zero-order chi connectivity index (χ0) is 21.7. The summed E-state index contributed by atoms with van der Waals surface area (Å²) in [5.41, 5.74) is 1.15. The number of hydrogen-bond donors (Lipinski definition) is 2. The van der Waals surface area contributed by atoms with Gasteiger partial charge in [0.05, 0.1) is 19.2 Å². The number of rotatable bonds is 7. The van der Waals surface area contributed by atoms with Crippen LogP contribution in [0.4, 0.5) is 5.82 Å². The topological polar surface area (TPSA) is 93.2 Å². The summed E-state index contributed by atoms with van der Waals surface area (Å²) in [6.07, 6.45) is 0. The number of amides is 1. The summed E-state index contributed by atoms with van der Waals surface area (Å²) in [6, 6.07) is 13.6. The Hall–Kier alpha value is -3.19. The molecule has 0 spiro atoms. The Labute approximate surface area is 179 Å². The number of carbonyl (C=O) groups excluding carboxylic acids is 2. The van der Waals surface area contributed by atoms with Gasteiger partial charge in [-0.25, -0.2) is 14.8 Å². The SMILES string of the molecule is COC(=O)[C@@H](Nc1nc(CNC(=O)c2cccc(Cl)c2)nc2ccccc12)C(C)C. The molecule has 0 bridgehead atoms. The maximum atomic E-state index is 12.4. The van der Waals surface area contributed by atoms with E-state index in [0.717, 1.165) is 5.39 Å². The lowest BCUT2D eigenvalue weighted by Crippen LogP contribution is -2.36. The molecule has 2 N–H and O–H groups in total. The second-order valence-electron chi connectivity index (χ2n) is 7.09. The molecular weight excluding hydrogens is 404 g/mol. The maximum Gasteiger partial charge on any atom is 0.328 e. The molecule has 30 heavy (non-hydrogen) atoms. The Bertz CT molecular complexity index is 1070. The van der Waals surface area contributed by atoms with Gasteiger partial charge in [-0.05, 0) is 36.2 Å². The summed E-state index contributed by atoms with van der Waals surface area (Å²) in [4.78, 5) is 33.7. The first-order valence-corrected chi connectivity index (χ1v) is 9.90. The third-order valence-electron chi connectivity index (χ3n) is 4.56. The van der Waals surface area contributed by atoms with Gasteiger partial charge in [0.1, 0.15) is 11.9 Å². The number of carbonyl (C=O) groups is 2. The fourth-order valence-corrected chi connectivity index (χ4v) is 3.17. The Morgan fingerprint density at radius 2 is 1.87 bits per heavy atom. The molecule has 3 rings (SSSR count). The lowest BCUT2D eigenvalue weighted by molar-refractivity contribution is -0.142. The van der Waals surface area contributed by atoms with Crippen LogP contribution in [-0.2, 0) is 16.1 Å². The highest BCUT2D eigenvalue weighted by molar-refractivity contribution is 6.30. The lowest BCUT2D eigenvalue weighted by atomic mass is 10.0. The third kappa shape index (κ3) is 5.04. The third-order valence-corrected chi connectivity index (χ3v) is 4.79. The highest BCUT2D eigenvalue weighted by Gasteiger charge is 2.24. The van der Waals surface area contributed by atoms with Crippen LogP contribution >= 0.6 is 11.6 Å². The second-order valence-corrected chi connectivity index (χ2v) is 7.52. The Morgan fingerprint density at radius 3 is 2.57 bits per heavy atom. The van der Waals surface area contributed by atoms with Gasteiger partial charge in [-0.1, -0.05) is 43.6 Å². The molecule has 1 amide bonds. The number of halogens is 1. The number of ether oxygens (including phenoxy) is 1. The summed E-state index contributed by atoms with van der Waals surface area (Å²) in [5.74, 6) is 0.259. The molecule has 0 fully saturated rings. The van der Waals surface area contributed by atoms with Crippen LogP contribution in [0, 0.1) is 5.92 Å². The van der Waals surface area contributed by atoms with Crippen LogP contribution in [0.5, 0.6) is 0 Å². The van der Waals surface area contributed by atoms with Gasteiger partial charge in [0.2, 0.25) is 0 Å². The van der Waals surface area contributed by atoms with E-state index < -0.39 is 6.04 Å². The number of esters is 1. The average molecular weight is 427 g/mol. The van der Waals surface area contributed by atoms with Crippen molar-refractivity contribution in [3.8, 4) is 0 Å². The van der Waals surface area contributed by atoms with Crippen LogP contribution in [-0.4, -0.2) is 35.0 Å². The van der Waals surface area contributed by atoms with Gasteiger partial charge in [0.15, 0.2) is 5.82 Å². The number of hydrogen-bond acceptors (Lipinski definition) is 6. The smallest absolute Gasteiger partial charge is 0.328 e. The van der Waals surface area contributed by atoms with Crippen molar-refractivity contribution in [2.75, 3.05) is 12.4 Å². The first-order chi connectivity index (χ1) is 14.4. The fraction of sp³-hybridized carbons (Fsp3) is 0.273. The molecule has 0 radical (unpaired) electrons. The van der Waals surface area contributed by atoms with Crippen molar-refractivity contribution in [1.82, 2.24) is 15.3 Å². The standard InChI is InChI=1S/C22H23ClN4O3/c1-13(2)19(22(29)30-3)27-20-16-9-4-5-10-17(16)25-18(26-20)12-24-21(28)14-7-6-8-15(23)11-14/h4-11,13,19H,12H2,1-3H3,(H,24,28)(H,25,26,27)/t19-/m0/s1. The number of para-hydroxylation sites is 1. The van der Waals surface area contributed by atoms with E-state index in [1.807, 2.05) is 38.1 Å². The Kier molecular flexibility index (Phi) is 6.84. The molecule has 0 aliphatic rings. The number of nitrogens with zero attached hydrogens (tertiary/aromatic N) is 2. The summed E-state index contributed by atoms with van der Waals surface area (Å²) >= 11 is 5.95. The monoisotopic (exact) mass is 426 g/mol. The van der Waals surface area contributed by atoms with E-state index in [0.29, 0.717) is 27.7 Å². The predicted octanol–water partition coefficient (Wildman–Crippen LogP) is 3.82. The van der Waals surface area contributed by atoms with E-state index >= 15 is 0 Å². The number of anilines is 1. The van der Waals surface area contributed by atoms with Crippen molar-refractivity contribution < 1.29 is 14.3 Å². The normalized spacial score (nSPS) is 11.9. The van der Waals surface area contributed by atoms with Gasteiger partial charge in [-0.15, -0.1) is 0 Å². The molecule has 2 aromatic carbocycles. The van der Waals surface area contributed by atoms with Crippen molar-refractivity contribution in [1.29, 1.82) is 0 Å². The van der Waals surface area contributed by atoms with Gasteiger partial charge >= 0.3 is 5.97 Å². The number of aromatic nitrogens is 2. The Balaban J connectivity index is 1.87. The molecule has 1 atom stereocenters. The molecule has 0 aliphatic carbocycles. The molecule has 156 valence electrons. The van der Waals surface area contributed by atoms with Crippen LogP contribution in [0.2, 0.25) is 5.02 Å². The number of nitrogens with one attached hydrogen (secondary N) is 2. The van der Waals surface area contributed by atoms with E-state index in [2.05, 4.69) is 20.6 Å². The molecule has 0 aliphatic heterocycles. The van der Waals surface area contributed by atoms with Gasteiger partial charge in [-0.3, -0.25) is 4.79 Å². The fourth-order valence-electron chi connectivity index (χ4n) is 2.98. The highest BCUT2D eigenvalue weighted by atomic mass is 35.5. The zero-order valence-electron chi connectivity index (χ0n) is 17.0. The minimum absolute atomic E-state index is 0.0165. The molecular formula is C22H23ClN4O3. The first kappa shape index (κ1) is 21.5. The first-order valence-electron chi connectivity index (χ1n) is 9.53. The van der Waals surface area contributed by atoms with E-state index in [1.54, 1.807) is 24.3 Å². The van der Waals surface area contributed by atoms with Crippen molar-refractivity contribution in [2.45, 2.75) is 26.4 Å². The molecule has 0 unspecified atom stereocenters. The lowest BCUT2D eigenvalue weighted by Gasteiger charge is -2.21. The largest absolute Gasteiger partial charge is 0.467 e. The predicted molar refractivity (Wildman–Crippen MR) is 116 cm³/mol. The molecule has 0 saturated heterocycles. The zero-order valence-corrected chi connectivity index (χ0v) is 17.7. The average Bonchev–Trinajstić information content (AvgIpc) is 2.74. The van der Waals surface area contributed by atoms with Gasteiger partial charge in [0.25, 0.3) is 5.91 Å². The van der Waals surface area contributed by atoms with Crippen LogP contribution in [0.15, 0.2) is 48.5 Å². The van der Waals surface area contributed by atoms with Crippen molar-refractivity contribution in [3.63, 3.8) is 0 Å². The van der Waals surface area contributed by atoms with Crippen LogP contribution in [0.25, 0.3) is 10.9 Å². The van der Waals surface area contributed by atoms with Gasteiger partial charge in [0, 0.05) is 16.0 Å². The summed E-state index contributed by atoms with van der Waals surface area (Å²) in [5, 5.41) is 7.25. The van der Waals surface area contributed by atoms with Crippen molar-refractivity contribution >= 4 is 40.2 Å². The summed E-state index contributed by atoms with van der Waals surface area (Å²) in [6.45, 7) is 3.96. The quantitative estimate of drug-likeness (QED) is 0.558. The van der Waals surface area contributed by atoms with Gasteiger partial charge in [-0.2, -0.15) is 0 Å². The maximum absolute atomic E-state index is 12.4. The molecule has 1 aromatic heterocycles. The van der Waals surface area contributed by atoms with E-state index in [-0.39, 0.29) is 24.3 Å². The van der Waals surface area contributed by atoms with Crippen molar-refractivity contribution in [3.05, 3.63) is 64.9 Å². The molecule has 7 nitrogen and oxygen atoms in total. The van der Waals surface area contributed by atoms with Crippen molar-refractivity contribution in [2.24, 2.45) is 5.92 Å². The van der Waals surface area contributed by atoms with Gasteiger partial charge < -0.3 is 15.4 Å². The molecule has 3 aromatic rings.